The van der Waals surface area contributed by atoms with Crippen LogP contribution in [0.4, 0.5) is 4.39 Å². The summed E-state index contributed by atoms with van der Waals surface area (Å²) in [7, 11) is 4.12. The number of piperidine rings is 1. The number of hydrogen-bond acceptors (Lipinski definition) is 3. The maximum atomic E-state index is 13.5. The fourth-order valence-corrected chi connectivity index (χ4v) is 2.55. The smallest absolute Gasteiger partial charge is 0.258 e. The Bertz CT molecular complexity index is 442. The summed E-state index contributed by atoms with van der Waals surface area (Å²) in [6, 6.07) is 3.09. The quantitative estimate of drug-likeness (QED) is 0.779. The minimum atomic E-state index is -0.678. The summed E-state index contributed by atoms with van der Waals surface area (Å²) in [6.07, 6.45) is 3.31. The van der Waals surface area contributed by atoms with E-state index in [2.05, 4.69) is 24.0 Å². The molecule has 0 saturated carbocycles. The summed E-state index contributed by atoms with van der Waals surface area (Å²) < 4.78 is 13.5. The van der Waals surface area contributed by atoms with E-state index in [1.54, 1.807) is 11.0 Å². The molecule has 0 atom stereocenters. The molecule has 2 heterocycles. The van der Waals surface area contributed by atoms with Gasteiger partial charge in [0.05, 0.1) is 5.56 Å². The molecule has 0 aromatic carbocycles. The van der Waals surface area contributed by atoms with Crippen LogP contribution in [0, 0.1) is 11.9 Å². The first-order chi connectivity index (χ1) is 9.08. The molecular weight excluding hydrogens is 245 g/mol. The lowest BCUT2D eigenvalue weighted by Gasteiger charge is -2.33. The zero-order valence-electron chi connectivity index (χ0n) is 11.5. The Morgan fingerprint density at radius 2 is 2.16 bits per heavy atom. The molecule has 104 valence electrons. The fraction of sp³-hybridized carbons (Fsp3) is 0.571. The molecule has 2 rings (SSSR count). The van der Waals surface area contributed by atoms with Gasteiger partial charge in [-0.25, -0.2) is 4.98 Å². The van der Waals surface area contributed by atoms with Crippen molar-refractivity contribution in [3.05, 3.63) is 29.8 Å². The molecule has 1 amide bonds. The Morgan fingerprint density at radius 1 is 1.47 bits per heavy atom. The molecule has 1 aromatic rings. The lowest BCUT2D eigenvalue weighted by Crippen LogP contribution is -2.41. The number of nitrogens with zero attached hydrogens (tertiary/aromatic N) is 3. The zero-order chi connectivity index (χ0) is 13.8. The standard InChI is InChI=1S/C14H20FN3O/c1-17(2)10-11-5-8-18(9-6-11)14(19)12-4-3-7-16-13(12)15/h3-4,7,11H,5-6,8-10H2,1-2H3. The van der Waals surface area contributed by atoms with Gasteiger partial charge in [-0.3, -0.25) is 4.79 Å². The van der Waals surface area contributed by atoms with Gasteiger partial charge in [-0.2, -0.15) is 4.39 Å². The number of likely N-dealkylation sites (tertiary alicyclic amines) is 1. The second-order valence-electron chi connectivity index (χ2n) is 5.34. The van der Waals surface area contributed by atoms with Crippen molar-refractivity contribution >= 4 is 5.91 Å². The third-order valence-electron chi connectivity index (χ3n) is 3.51. The molecule has 1 aliphatic rings. The van der Waals surface area contributed by atoms with Crippen molar-refractivity contribution < 1.29 is 9.18 Å². The van der Waals surface area contributed by atoms with Crippen LogP contribution in [-0.4, -0.2) is 54.4 Å². The fourth-order valence-electron chi connectivity index (χ4n) is 2.55. The van der Waals surface area contributed by atoms with E-state index < -0.39 is 5.95 Å². The van der Waals surface area contributed by atoms with E-state index >= 15 is 0 Å². The number of pyridine rings is 1. The van der Waals surface area contributed by atoms with Crippen molar-refractivity contribution in [2.24, 2.45) is 5.92 Å². The molecule has 5 heteroatoms. The molecule has 1 aromatic heterocycles. The Labute approximate surface area is 113 Å². The van der Waals surface area contributed by atoms with Crippen LogP contribution >= 0.6 is 0 Å². The van der Waals surface area contributed by atoms with Crippen molar-refractivity contribution in [1.82, 2.24) is 14.8 Å². The SMILES string of the molecule is CN(C)CC1CCN(C(=O)c2cccnc2F)CC1. The summed E-state index contributed by atoms with van der Waals surface area (Å²) in [6.45, 7) is 2.45. The van der Waals surface area contributed by atoms with Gasteiger partial charge in [0.25, 0.3) is 5.91 Å². The van der Waals surface area contributed by atoms with Gasteiger partial charge in [-0.15, -0.1) is 0 Å². The Balaban J connectivity index is 1.95. The molecule has 0 spiro atoms. The van der Waals surface area contributed by atoms with E-state index in [4.69, 9.17) is 0 Å². The molecule has 0 aliphatic carbocycles. The van der Waals surface area contributed by atoms with E-state index in [9.17, 15) is 9.18 Å². The first-order valence-corrected chi connectivity index (χ1v) is 6.62. The van der Waals surface area contributed by atoms with E-state index in [0.29, 0.717) is 19.0 Å². The number of carbonyl (C=O) groups excluding carboxylic acids is 1. The van der Waals surface area contributed by atoms with Gasteiger partial charge in [0.2, 0.25) is 5.95 Å². The van der Waals surface area contributed by atoms with Gasteiger partial charge in [0.15, 0.2) is 0 Å². The second kappa shape index (κ2) is 6.10. The highest BCUT2D eigenvalue weighted by molar-refractivity contribution is 5.94. The van der Waals surface area contributed by atoms with Crippen LogP contribution in [0.2, 0.25) is 0 Å². The van der Waals surface area contributed by atoms with Crippen LogP contribution in [0.15, 0.2) is 18.3 Å². The number of carbonyl (C=O) groups is 1. The van der Waals surface area contributed by atoms with Crippen molar-refractivity contribution in [1.29, 1.82) is 0 Å². The largest absolute Gasteiger partial charge is 0.338 e. The van der Waals surface area contributed by atoms with E-state index in [1.807, 2.05) is 0 Å². The molecule has 0 radical (unpaired) electrons. The number of amides is 1. The van der Waals surface area contributed by atoms with Gasteiger partial charge >= 0.3 is 0 Å². The third-order valence-corrected chi connectivity index (χ3v) is 3.51. The maximum absolute atomic E-state index is 13.5. The number of halogens is 1. The lowest BCUT2D eigenvalue weighted by molar-refractivity contribution is 0.0672. The normalized spacial score (nSPS) is 16.9. The Kier molecular flexibility index (Phi) is 4.47. The van der Waals surface area contributed by atoms with Crippen molar-refractivity contribution in [2.75, 3.05) is 33.7 Å². The predicted octanol–water partition coefficient (Wildman–Crippen LogP) is 1.63. The van der Waals surface area contributed by atoms with Crippen molar-refractivity contribution in [3.63, 3.8) is 0 Å². The molecule has 19 heavy (non-hydrogen) atoms. The summed E-state index contributed by atoms with van der Waals surface area (Å²) in [5, 5.41) is 0. The molecule has 4 nitrogen and oxygen atoms in total. The van der Waals surface area contributed by atoms with Gasteiger partial charge in [-0.05, 0) is 45.0 Å². The first-order valence-electron chi connectivity index (χ1n) is 6.62. The van der Waals surface area contributed by atoms with Crippen molar-refractivity contribution in [3.8, 4) is 0 Å². The average molecular weight is 265 g/mol. The second-order valence-corrected chi connectivity index (χ2v) is 5.34. The van der Waals surface area contributed by atoms with Crippen LogP contribution in [-0.2, 0) is 0 Å². The highest BCUT2D eigenvalue weighted by atomic mass is 19.1. The predicted molar refractivity (Wildman–Crippen MR) is 71.4 cm³/mol. The van der Waals surface area contributed by atoms with Gasteiger partial charge in [-0.1, -0.05) is 0 Å². The highest BCUT2D eigenvalue weighted by Gasteiger charge is 2.25. The molecule has 1 saturated heterocycles. The molecule has 1 aliphatic heterocycles. The van der Waals surface area contributed by atoms with Gasteiger partial charge < -0.3 is 9.80 Å². The van der Waals surface area contributed by atoms with E-state index in [0.717, 1.165) is 19.4 Å². The van der Waals surface area contributed by atoms with Crippen LogP contribution in [0.1, 0.15) is 23.2 Å². The van der Waals surface area contributed by atoms with Crippen LogP contribution in [0.5, 0.6) is 0 Å². The monoisotopic (exact) mass is 265 g/mol. The molecule has 0 unspecified atom stereocenters. The summed E-state index contributed by atoms with van der Waals surface area (Å²) in [5.74, 6) is -0.297. The summed E-state index contributed by atoms with van der Waals surface area (Å²) >= 11 is 0. The van der Waals surface area contributed by atoms with E-state index in [1.165, 1.54) is 12.3 Å². The van der Waals surface area contributed by atoms with Gasteiger partial charge in [0, 0.05) is 25.8 Å². The van der Waals surface area contributed by atoms with Crippen LogP contribution in [0.3, 0.4) is 0 Å². The number of rotatable bonds is 3. The third kappa shape index (κ3) is 3.50. The first kappa shape index (κ1) is 13.9. The number of hydrogen-bond donors (Lipinski definition) is 0. The zero-order valence-corrected chi connectivity index (χ0v) is 11.5. The Hall–Kier alpha value is -1.49. The van der Waals surface area contributed by atoms with Gasteiger partial charge in [0.1, 0.15) is 0 Å². The molecular formula is C14H20FN3O. The highest BCUT2D eigenvalue weighted by Crippen LogP contribution is 2.20. The maximum Gasteiger partial charge on any atom is 0.258 e. The number of aromatic nitrogens is 1. The van der Waals surface area contributed by atoms with Crippen LogP contribution < -0.4 is 0 Å². The average Bonchev–Trinajstić information content (AvgIpc) is 2.39. The summed E-state index contributed by atoms with van der Waals surface area (Å²) in [4.78, 5) is 19.6. The molecule has 0 bridgehead atoms. The van der Waals surface area contributed by atoms with Crippen molar-refractivity contribution in [2.45, 2.75) is 12.8 Å². The molecule has 1 fully saturated rings. The minimum Gasteiger partial charge on any atom is -0.338 e. The van der Waals surface area contributed by atoms with Crippen LogP contribution in [0.25, 0.3) is 0 Å². The topological polar surface area (TPSA) is 36.4 Å². The Morgan fingerprint density at radius 3 is 2.74 bits per heavy atom. The van der Waals surface area contributed by atoms with E-state index in [-0.39, 0.29) is 11.5 Å². The summed E-state index contributed by atoms with van der Waals surface area (Å²) in [5.41, 5.74) is 0.0774. The molecule has 0 N–H and O–H groups in total. The lowest BCUT2D eigenvalue weighted by atomic mass is 9.96. The minimum absolute atomic E-state index is 0.0774.